The Bertz CT molecular complexity index is 657. The molecule has 0 saturated heterocycles. The van der Waals surface area contributed by atoms with E-state index in [1.54, 1.807) is 19.2 Å². The maximum atomic E-state index is 11.9. The number of rotatable bonds is 8. The second-order valence-corrected chi connectivity index (χ2v) is 5.47. The molecule has 1 amide bonds. The average molecular weight is 329 g/mol. The molecule has 6 heteroatoms. The zero-order chi connectivity index (χ0) is 17.4. The zero-order valence-electron chi connectivity index (χ0n) is 14.2. The first-order valence-corrected chi connectivity index (χ1v) is 7.86. The van der Waals surface area contributed by atoms with Crippen LogP contribution in [0.4, 0.5) is 11.5 Å². The summed E-state index contributed by atoms with van der Waals surface area (Å²) in [6.45, 7) is 4.90. The number of ether oxygens (including phenoxy) is 2. The van der Waals surface area contributed by atoms with Crippen LogP contribution in [0.3, 0.4) is 0 Å². The van der Waals surface area contributed by atoms with Crippen LogP contribution in [-0.2, 0) is 4.74 Å². The predicted molar refractivity (Wildman–Crippen MR) is 93.9 cm³/mol. The Morgan fingerprint density at radius 3 is 2.67 bits per heavy atom. The molecule has 0 radical (unpaired) electrons. The average Bonchev–Trinajstić information content (AvgIpc) is 2.57. The largest absolute Gasteiger partial charge is 0.489 e. The van der Waals surface area contributed by atoms with Gasteiger partial charge in [0.15, 0.2) is 0 Å². The normalized spacial score (nSPS) is 10.5. The molecule has 1 aromatic heterocycles. The molecular formula is C18H23N3O3. The molecule has 0 spiro atoms. The molecule has 0 saturated carbocycles. The molecule has 0 aliphatic carbocycles. The van der Waals surface area contributed by atoms with Crippen LogP contribution in [0.2, 0.25) is 0 Å². The first kappa shape index (κ1) is 17.7. The van der Waals surface area contributed by atoms with Gasteiger partial charge in [0.1, 0.15) is 11.6 Å². The summed E-state index contributed by atoms with van der Waals surface area (Å²) in [5, 5.41) is 5.96. The number of carbonyl (C=O) groups excluding carboxylic acids is 1. The van der Waals surface area contributed by atoms with Crippen molar-refractivity contribution in [3.63, 3.8) is 0 Å². The first-order valence-electron chi connectivity index (χ1n) is 7.86. The van der Waals surface area contributed by atoms with Crippen LogP contribution in [0.15, 0.2) is 42.6 Å². The van der Waals surface area contributed by atoms with Crippen LogP contribution in [0, 0.1) is 0 Å². The van der Waals surface area contributed by atoms with Crippen molar-refractivity contribution in [2.75, 3.05) is 25.6 Å². The summed E-state index contributed by atoms with van der Waals surface area (Å²) in [5.74, 6) is 1.23. The number of para-hydroxylation sites is 2. The number of anilines is 2. The fourth-order valence-electron chi connectivity index (χ4n) is 2.04. The highest BCUT2D eigenvalue weighted by molar-refractivity contribution is 5.94. The summed E-state index contributed by atoms with van der Waals surface area (Å²) < 4.78 is 10.7. The summed E-state index contributed by atoms with van der Waals surface area (Å²) in [6.07, 6.45) is 1.62. The molecule has 2 rings (SSSR count). The first-order chi connectivity index (χ1) is 11.6. The van der Waals surface area contributed by atoms with Gasteiger partial charge in [-0.15, -0.1) is 0 Å². The maximum Gasteiger partial charge on any atom is 0.252 e. The van der Waals surface area contributed by atoms with Gasteiger partial charge in [0.05, 0.1) is 24.0 Å². The predicted octanol–water partition coefficient (Wildman–Crippen LogP) is 2.99. The lowest BCUT2D eigenvalue weighted by molar-refractivity contribution is 0.0937. The SMILES string of the molecule is COCCNC(=O)c1ccc(Nc2ccccc2OC(C)C)nc1. The minimum Gasteiger partial charge on any atom is -0.489 e. The summed E-state index contributed by atoms with van der Waals surface area (Å²) in [5.41, 5.74) is 1.33. The molecule has 0 aliphatic rings. The van der Waals surface area contributed by atoms with E-state index in [-0.39, 0.29) is 12.0 Å². The Kier molecular flexibility index (Phi) is 6.57. The van der Waals surface area contributed by atoms with Gasteiger partial charge in [0.2, 0.25) is 0 Å². The van der Waals surface area contributed by atoms with E-state index in [0.717, 1.165) is 11.4 Å². The van der Waals surface area contributed by atoms with Crippen molar-refractivity contribution >= 4 is 17.4 Å². The van der Waals surface area contributed by atoms with Crippen LogP contribution >= 0.6 is 0 Å². The van der Waals surface area contributed by atoms with Crippen LogP contribution in [-0.4, -0.2) is 37.3 Å². The molecule has 24 heavy (non-hydrogen) atoms. The van der Waals surface area contributed by atoms with Gasteiger partial charge in [-0.05, 0) is 38.1 Å². The van der Waals surface area contributed by atoms with E-state index < -0.39 is 0 Å². The second kappa shape index (κ2) is 8.88. The number of hydrogen-bond acceptors (Lipinski definition) is 5. The minimum atomic E-state index is -0.172. The summed E-state index contributed by atoms with van der Waals surface area (Å²) >= 11 is 0. The van der Waals surface area contributed by atoms with Gasteiger partial charge in [-0.3, -0.25) is 4.79 Å². The van der Waals surface area contributed by atoms with Crippen molar-refractivity contribution < 1.29 is 14.3 Å². The lowest BCUT2D eigenvalue weighted by atomic mass is 10.2. The Labute approximate surface area is 142 Å². The highest BCUT2D eigenvalue weighted by Crippen LogP contribution is 2.27. The van der Waals surface area contributed by atoms with Crippen LogP contribution < -0.4 is 15.4 Å². The van der Waals surface area contributed by atoms with E-state index in [4.69, 9.17) is 9.47 Å². The number of nitrogens with zero attached hydrogens (tertiary/aromatic N) is 1. The smallest absolute Gasteiger partial charge is 0.252 e. The molecule has 1 aromatic carbocycles. The lowest BCUT2D eigenvalue weighted by Gasteiger charge is -2.15. The van der Waals surface area contributed by atoms with Crippen LogP contribution in [0.25, 0.3) is 0 Å². The van der Waals surface area contributed by atoms with E-state index in [1.165, 1.54) is 6.20 Å². The number of aromatic nitrogens is 1. The van der Waals surface area contributed by atoms with Crippen molar-refractivity contribution in [3.05, 3.63) is 48.2 Å². The molecule has 0 bridgehead atoms. The minimum absolute atomic E-state index is 0.0825. The third-order valence-electron chi connectivity index (χ3n) is 3.13. The molecule has 0 aliphatic heterocycles. The summed E-state index contributed by atoms with van der Waals surface area (Å²) in [7, 11) is 1.59. The van der Waals surface area contributed by atoms with E-state index >= 15 is 0 Å². The summed E-state index contributed by atoms with van der Waals surface area (Å²) in [4.78, 5) is 16.2. The lowest BCUT2D eigenvalue weighted by Crippen LogP contribution is -2.26. The van der Waals surface area contributed by atoms with Gasteiger partial charge in [0.25, 0.3) is 5.91 Å². The number of methoxy groups -OCH3 is 1. The van der Waals surface area contributed by atoms with E-state index in [2.05, 4.69) is 15.6 Å². The number of carbonyl (C=O) groups is 1. The zero-order valence-corrected chi connectivity index (χ0v) is 14.2. The molecule has 1 heterocycles. The van der Waals surface area contributed by atoms with Gasteiger partial charge in [0, 0.05) is 19.9 Å². The van der Waals surface area contributed by atoms with E-state index in [9.17, 15) is 4.79 Å². The number of pyridine rings is 1. The molecule has 0 atom stereocenters. The quantitative estimate of drug-likeness (QED) is 0.729. The fourth-order valence-corrected chi connectivity index (χ4v) is 2.04. The fraction of sp³-hybridized carbons (Fsp3) is 0.333. The Morgan fingerprint density at radius 1 is 1.21 bits per heavy atom. The molecule has 0 fully saturated rings. The Hall–Kier alpha value is -2.60. The number of hydrogen-bond donors (Lipinski definition) is 2. The highest BCUT2D eigenvalue weighted by atomic mass is 16.5. The van der Waals surface area contributed by atoms with E-state index in [1.807, 2.05) is 38.1 Å². The maximum absolute atomic E-state index is 11.9. The van der Waals surface area contributed by atoms with Gasteiger partial charge in [-0.1, -0.05) is 12.1 Å². The Morgan fingerprint density at radius 2 is 2.00 bits per heavy atom. The standard InChI is InChI=1S/C18H23N3O3/c1-13(2)24-16-7-5-4-6-15(16)21-17-9-8-14(12-20-17)18(22)19-10-11-23-3/h4-9,12-13H,10-11H2,1-3H3,(H,19,22)(H,20,21). The van der Waals surface area contributed by atoms with E-state index in [0.29, 0.717) is 24.5 Å². The van der Waals surface area contributed by atoms with Crippen molar-refractivity contribution in [1.29, 1.82) is 0 Å². The van der Waals surface area contributed by atoms with Crippen molar-refractivity contribution in [1.82, 2.24) is 10.3 Å². The van der Waals surface area contributed by atoms with Gasteiger partial charge >= 0.3 is 0 Å². The third-order valence-corrected chi connectivity index (χ3v) is 3.13. The van der Waals surface area contributed by atoms with Crippen molar-refractivity contribution in [3.8, 4) is 5.75 Å². The number of nitrogens with one attached hydrogen (secondary N) is 2. The molecule has 0 unspecified atom stereocenters. The van der Waals surface area contributed by atoms with Gasteiger partial charge in [-0.25, -0.2) is 4.98 Å². The van der Waals surface area contributed by atoms with Gasteiger partial charge < -0.3 is 20.1 Å². The third kappa shape index (κ3) is 5.24. The van der Waals surface area contributed by atoms with Crippen LogP contribution in [0.5, 0.6) is 5.75 Å². The Balaban J connectivity index is 2.03. The molecule has 2 N–H and O–H groups in total. The van der Waals surface area contributed by atoms with Crippen molar-refractivity contribution in [2.45, 2.75) is 20.0 Å². The molecular weight excluding hydrogens is 306 g/mol. The molecule has 128 valence electrons. The highest BCUT2D eigenvalue weighted by Gasteiger charge is 2.08. The van der Waals surface area contributed by atoms with Crippen molar-refractivity contribution in [2.24, 2.45) is 0 Å². The molecule has 6 nitrogen and oxygen atoms in total. The monoisotopic (exact) mass is 329 g/mol. The van der Waals surface area contributed by atoms with Crippen LogP contribution in [0.1, 0.15) is 24.2 Å². The number of amides is 1. The molecule has 2 aromatic rings. The van der Waals surface area contributed by atoms with Gasteiger partial charge in [-0.2, -0.15) is 0 Å². The topological polar surface area (TPSA) is 72.5 Å². The number of benzene rings is 1. The second-order valence-electron chi connectivity index (χ2n) is 5.47. The summed E-state index contributed by atoms with van der Waals surface area (Å²) in [6, 6.07) is 11.2.